The zero-order valence-electron chi connectivity index (χ0n) is 10.7. The Morgan fingerprint density at radius 2 is 2.25 bits per heavy atom. The third-order valence-corrected chi connectivity index (χ3v) is 4.62. The fourth-order valence-corrected chi connectivity index (χ4v) is 3.11. The van der Waals surface area contributed by atoms with Crippen LogP contribution in [-0.4, -0.2) is 37.0 Å². The Hall–Kier alpha value is -1.71. The van der Waals surface area contributed by atoms with E-state index in [1.165, 1.54) is 23.9 Å². The fraction of sp³-hybridized carbons (Fsp3) is 0.273. The van der Waals surface area contributed by atoms with Crippen LogP contribution in [-0.2, 0) is 17.1 Å². The lowest BCUT2D eigenvalue weighted by Gasteiger charge is -2.05. The lowest BCUT2D eigenvalue weighted by molar-refractivity contribution is 0.0958. The number of hydrogen-bond acceptors (Lipinski definition) is 5. The molecular weight excluding hydrogens is 300 g/mol. The van der Waals surface area contributed by atoms with Gasteiger partial charge in [0.2, 0.25) is 0 Å². The monoisotopic (exact) mass is 314 g/mol. The number of carbonyl (C=O) groups excluding carboxylic acids is 1. The van der Waals surface area contributed by atoms with E-state index in [2.05, 4.69) is 15.0 Å². The molecular formula is C11H14N4O3S2. The van der Waals surface area contributed by atoms with Gasteiger partial charge in [0, 0.05) is 26.3 Å². The molecule has 108 valence electrons. The van der Waals surface area contributed by atoms with E-state index in [1.54, 1.807) is 29.1 Å². The molecule has 0 radical (unpaired) electrons. The molecule has 20 heavy (non-hydrogen) atoms. The summed E-state index contributed by atoms with van der Waals surface area (Å²) in [4.78, 5) is 16.0. The van der Waals surface area contributed by atoms with Gasteiger partial charge in [-0.1, -0.05) is 6.07 Å². The van der Waals surface area contributed by atoms with Crippen molar-refractivity contribution < 1.29 is 13.2 Å². The molecule has 0 fully saturated rings. The molecule has 7 nitrogen and oxygen atoms in total. The highest BCUT2D eigenvalue weighted by molar-refractivity contribution is 7.89. The number of carbonyl (C=O) groups is 1. The van der Waals surface area contributed by atoms with Gasteiger partial charge in [0.05, 0.1) is 11.2 Å². The van der Waals surface area contributed by atoms with E-state index >= 15 is 0 Å². The van der Waals surface area contributed by atoms with Crippen LogP contribution in [0, 0.1) is 0 Å². The summed E-state index contributed by atoms with van der Waals surface area (Å²) in [7, 11) is -1.93. The molecule has 0 saturated heterocycles. The standard InChI is InChI=1S/C11H14N4O3S2/c1-15-7-10(13-8-15)20(17,18)14-5-4-12-11(16)9-3-2-6-19-9/h2-3,6-8,14H,4-5H2,1H3,(H,12,16). The van der Waals surface area contributed by atoms with E-state index < -0.39 is 10.0 Å². The Kier molecular flexibility index (Phi) is 4.53. The summed E-state index contributed by atoms with van der Waals surface area (Å²) in [6, 6.07) is 3.49. The number of amides is 1. The van der Waals surface area contributed by atoms with Gasteiger partial charge in [-0.05, 0) is 11.4 Å². The maximum Gasteiger partial charge on any atom is 0.261 e. The predicted molar refractivity (Wildman–Crippen MR) is 75.0 cm³/mol. The third-order valence-electron chi connectivity index (χ3n) is 2.40. The molecule has 0 unspecified atom stereocenters. The zero-order valence-corrected chi connectivity index (χ0v) is 12.4. The normalized spacial score (nSPS) is 11.4. The lowest BCUT2D eigenvalue weighted by Crippen LogP contribution is -2.34. The summed E-state index contributed by atoms with van der Waals surface area (Å²) in [5.41, 5.74) is 0. The summed E-state index contributed by atoms with van der Waals surface area (Å²) in [6.45, 7) is 0.318. The largest absolute Gasteiger partial charge is 0.350 e. The van der Waals surface area contributed by atoms with E-state index in [0.29, 0.717) is 4.88 Å². The maximum atomic E-state index is 11.8. The molecule has 2 rings (SSSR count). The van der Waals surface area contributed by atoms with Crippen molar-refractivity contribution in [1.82, 2.24) is 19.6 Å². The number of nitrogens with one attached hydrogen (secondary N) is 2. The fourth-order valence-electron chi connectivity index (χ4n) is 1.46. The molecule has 2 N–H and O–H groups in total. The Balaban J connectivity index is 1.80. The first-order valence-electron chi connectivity index (χ1n) is 5.78. The van der Waals surface area contributed by atoms with Crippen molar-refractivity contribution in [2.75, 3.05) is 13.1 Å². The number of sulfonamides is 1. The van der Waals surface area contributed by atoms with Gasteiger partial charge in [-0.2, -0.15) is 0 Å². The van der Waals surface area contributed by atoms with Crippen LogP contribution in [0.5, 0.6) is 0 Å². The van der Waals surface area contributed by atoms with Gasteiger partial charge in [-0.15, -0.1) is 11.3 Å². The number of aromatic nitrogens is 2. The van der Waals surface area contributed by atoms with E-state index in [-0.39, 0.29) is 24.0 Å². The summed E-state index contributed by atoms with van der Waals surface area (Å²) < 4.78 is 27.6. The number of nitrogens with zero attached hydrogens (tertiary/aromatic N) is 2. The highest BCUT2D eigenvalue weighted by atomic mass is 32.2. The number of imidazole rings is 1. The molecule has 0 spiro atoms. The van der Waals surface area contributed by atoms with Gasteiger partial charge in [0.1, 0.15) is 0 Å². The summed E-state index contributed by atoms with van der Waals surface area (Å²) in [5.74, 6) is -0.211. The second kappa shape index (κ2) is 6.16. The molecule has 0 aliphatic heterocycles. The van der Waals surface area contributed by atoms with E-state index in [4.69, 9.17) is 0 Å². The Labute approximate surface area is 120 Å². The van der Waals surface area contributed by atoms with Gasteiger partial charge in [-0.3, -0.25) is 4.79 Å². The summed E-state index contributed by atoms with van der Waals surface area (Å²) >= 11 is 1.33. The maximum absolute atomic E-state index is 11.8. The number of thiophene rings is 1. The van der Waals surface area contributed by atoms with Crippen LogP contribution in [0.3, 0.4) is 0 Å². The highest BCUT2D eigenvalue weighted by Crippen LogP contribution is 2.07. The minimum Gasteiger partial charge on any atom is -0.350 e. The Morgan fingerprint density at radius 1 is 1.45 bits per heavy atom. The van der Waals surface area contributed by atoms with Crippen molar-refractivity contribution in [1.29, 1.82) is 0 Å². The molecule has 0 aliphatic carbocycles. The summed E-state index contributed by atoms with van der Waals surface area (Å²) in [6.07, 6.45) is 2.82. The van der Waals surface area contributed by atoms with Crippen molar-refractivity contribution >= 4 is 27.3 Å². The Bertz CT molecular complexity index is 676. The van der Waals surface area contributed by atoms with Crippen LogP contribution in [0.1, 0.15) is 9.67 Å². The Morgan fingerprint density at radius 3 is 2.85 bits per heavy atom. The smallest absolute Gasteiger partial charge is 0.261 e. The minimum atomic E-state index is -3.62. The van der Waals surface area contributed by atoms with Gasteiger partial charge in [-0.25, -0.2) is 18.1 Å². The van der Waals surface area contributed by atoms with Gasteiger partial charge in [0.25, 0.3) is 15.9 Å². The molecule has 0 saturated carbocycles. The number of rotatable bonds is 6. The zero-order chi connectivity index (χ0) is 14.6. The second-order valence-corrected chi connectivity index (χ2v) is 6.67. The van der Waals surface area contributed by atoms with Crippen molar-refractivity contribution in [3.8, 4) is 0 Å². The molecule has 0 aliphatic rings. The number of hydrogen-bond donors (Lipinski definition) is 2. The second-order valence-electron chi connectivity index (χ2n) is 4.01. The van der Waals surface area contributed by atoms with Crippen LogP contribution in [0.15, 0.2) is 35.1 Å². The van der Waals surface area contributed by atoms with Crippen molar-refractivity contribution in [3.05, 3.63) is 34.9 Å². The highest BCUT2D eigenvalue weighted by Gasteiger charge is 2.16. The lowest BCUT2D eigenvalue weighted by atomic mass is 10.4. The topological polar surface area (TPSA) is 93.1 Å². The van der Waals surface area contributed by atoms with Crippen LogP contribution in [0.25, 0.3) is 0 Å². The quantitative estimate of drug-likeness (QED) is 0.744. The van der Waals surface area contributed by atoms with Crippen molar-refractivity contribution in [2.45, 2.75) is 5.03 Å². The average Bonchev–Trinajstić information content (AvgIpc) is 3.05. The number of aryl methyl sites for hydroxylation is 1. The van der Waals surface area contributed by atoms with E-state index in [9.17, 15) is 13.2 Å². The molecule has 2 aromatic heterocycles. The minimum absolute atomic E-state index is 0.0374. The molecule has 1 amide bonds. The molecule has 2 aromatic rings. The van der Waals surface area contributed by atoms with Gasteiger partial charge < -0.3 is 9.88 Å². The molecule has 9 heteroatoms. The molecule has 2 heterocycles. The van der Waals surface area contributed by atoms with Crippen molar-refractivity contribution in [3.63, 3.8) is 0 Å². The first kappa shape index (κ1) is 14.7. The average molecular weight is 314 g/mol. The molecule has 0 atom stereocenters. The molecule has 0 aromatic carbocycles. The van der Waals surface area contributed by atoms with Gasteiger partial charge >= 0.3 is 0 Å². The third kappa shape index (κ3) is 3.65. The SMILES string of the molecule is Cn1cnc(S(=O)(=O)NCCNC(=O)c2cccs2)c1. The van der Waals surface area contributed by atoms with E-state index in [0.717, 1.165) is 0 Å². The molecule has 0 bridgehead atoms. The van der Waals surface area contributed by atoms with Crippen LogP contribution in [0.4, 0.5) is 0 Å². The first-order chi connectivity index (χ1) is 9.49. The van der Waals surface area contributed by atoms with Crippen molar-refractivity contribution in [2.24, 2.45) is 7.05 Å². The predicted octanol–water partition coefficient (Wildman–Crippen LogP) is 0.190. The van der Waals surface area contributed by atoms with Crippen LogP contribution < -0.4 is 10.0 Å². The van der Waals surface area contributed by atoms with Crippen LogP contribution >= 0.6 is 11.3 Å². The first-order valence-corrected chi connectivity index (χ1v) is 8.14. The summed E-state index contributed by atoms with van der Waals surface area (Å²) in [5, 5.41) is 4.40. The van der Waals surface area contributed by atoms with Gasteiger partial charge in [0.15, 0.2) is 5.03 Å². The van der Waals surface area contributed by atoms with E-state index in [1.807, 2.05) is 0 Å². The van der Waals surface area contributed by atoms with Crippen LogP contribution in [0.2, 0.25) is 0 Å².